The highest BCUT2D eigenvalue weighted by Gasteiger charge is 2.09. The van der Waals surface area contributed by atoms with Crippen molar-refractivity contribution < 1.29 is 9.47 Å². The number of rotatable bonds is 6. The summed E-state index contributed by atoms with van der Waals surface area (Å²) in [7, 11) is 1.65. The predicted octanol–water partition coefficient (Wildman–Crippen LogP) is 5.03. The molecule has 112 valence electrons. The minimum absolute atomic E-state index is 0.199. The molecule has 0 fully saturated rings. The molecule has 2 aromatic carbocycles. The summed E-state index contributed by atoms with van der Waals surface area (Å²) in [5.41, 5.74) is 2.23. The fraction of sp³-hybridized carbons (Fsp3) is 0.294. The number of halogens is 1. The summed E-state index contributed by atoms with van der Waals surface area (Å²) in [6.45, 7) is 4.71. The van der Waals surface area contributed by atoms with E-state index < -0.39 is 0 Å². The van der Waals surface area contributed by atoms with E-state index in [0.29, 0.717) is 6.61 Å². The van der Waals surface area contributed by atoms with Gasteiger partial charge in [-0.15, -0.1) is 0 Å². The van der Waals surface area contributed by atoms with Crippen molar-refractivity contribution in [3.63, 3.8) is 0 Å². The van der Waals surface area contributed by atoms with Crippen molar-refractivity contribution >= 4 is 21.6 Å². The molecule has 0 aliphatic carbocycles. The Bertz CT molecular complexity index is 601. The molecule has 2 aromatic rings. The van der Waals surface area contributed by atoms with Gasteiger partial charge in [0.25, 0.3) is 0 Å². The first-order chi connectivity index (χ1) is 10.1. The van der Waals surface area contributed by atoms with Gasteiger partial charge in [-0.05, 0) is 43.7 Å². The van der Waals surface area contributed by atoms with Gasteiger partial charge >= 0.3 is 0 Å². The van der Waals surface area contributed by atoms with Crippen LogP contribution < -0.4 is 14.8 Å². The van der Waals surface area contributed by atoms with Gasteiger partial charge in [-0.3, -0.25) is 0 Å². The monoisotopic (exact) mass is 349 g/mol. The molecule has 4 heteroatoms. The number of methoxy groups -OCH3 is 1. The summed E-state index contributed by atoms with van der Waals surface area (Å²) in [6, 6.07) is 14.4. The van der Waals surface area contributed by atoms with Crippen LogP contribution in [-0.2, 0) is 0 Å². The van der Waals surface area contributed by atoms with Gasteiger partial charge in [0.1, 0.15) is 0 Å². The molecule has 1 N–H and O–H groups in total. The number of anilines is 1. The zero-order chi connectivity index (χ0) is 15.2. The van der Waals surface area contributed by atoms with Crippen molar-refractivity contribution in [3.05, 3.63) is 52.5 Å². The Morgan fingerprint density at radius 2 is 1.95 bits per heavy atom. The van der Waals surface area contributed by atoms with Crippen LogP contribution in [-0.4, -0.2) is 13.7 Å². The Kier molecular flexibility index (Phi) is 5.51. The fourth-order valence-electron chi connectivity index (χ4n) is 2.14. The Hall–Kier alpha value is -1.68. The third-order valence-corrected chi connectivity index (χ3v) is 3.69. The van der Waals surface area contributed by atoms with E-state index in [1.807, 2.05) is 37.3 Å². The number of hydrogen-bond acceptors (Lipinski definition) is 3. The maximum absolute atomic E-state index is 5.60. The molecule has 0 radical (unpaired) electrons. The normalized spacial score (nSPS) is 11.8. The molecule has 3 nitrogen and oxygen atoms in total. The van der Waals surface area contributed by atoms with Crippen molar-refractivity contribution in [2.24, 2.45) is 0 Å². The molecule has 0 aromatic heterocycles. The lowest BCUT2D eigenvalue weighted by Crippen LogP contribution is -2.07. The summed E-state index contributed by atoms with van der Waals surface area (Å²) in [4.78, 5) is 0. The number of benzene rings is 2. The molecule has 0 aliphatic heterocycles. The molecule has 2 rings (SSSR count). The van der Waals surface area contributed by atoms with Crippen molar-refractivity contribution in [2.75, 3.05) is 19.0 Å². The lowest BCUT2D eigenvalue weighted by atomic mass is 10.1. The van der Waals surface area contributed by atoms with E-state index >= 15 is 0 Å². The molecule has 0 saturated carbocycles. The van der Waals surface area contributed by atoms with Crippen LogP contribution in [0.4, 0.5) is 5.69 Å². The van der Waals surface area contributed by atoms with Crippen LogP contribution >= 0.6 is 15.9 Å². The Morgan fingerprint density at radius 3 is 2.62 bits per heavy atom. The number of hydrogen-bond donors (Lipinski definition) is 1. The first kappa shape index (κ1) is 15.7. The molecule has 21 heavy (non-hydrogen) atoms. The summed E-state index contributed by atoms with van der Waals surface area (Å²) in [5.74, 6) is 1.50. The summed E-state index contributed by atoms with van der Waals surface area (Å²) in [5, 5.41) is 3.48. The molecule has 1 unspecified atom stereocenters. The molecule has 0 aliphatic rings. The molecule has 0 saturated heterocycles. The van der Waals surface area contributed by atoms with Gasteiger partial charge in [-0.1, -0.05) is 28.1 Å². The van der Waals surface area contributed by atoms with E-state index in [9.17, 15) is 0 Å². The van der Waals surface area contributed by atoms with Crippen LogP contribution in [0.15, 0.2) is 46.9 Å². The van der Waals surface area contributed by atoms with E-state index in [0.717, 1.165) is 21.7 Å². The Balaban J connectivity index is 2.17. The summed E-state index contributed by atoms with van der Waals surface area (Å²) in [6.07, 6.45) is 0. The van der Waals surface area contributed by atoms with Crippen LogP contribution in [0.1, 0.15) is 25.5 Å². The van der Waals surface area contributed by atoms with Gasteiger partial charge in [0.2, 0.25) is 0 Å². The van der Waals surface area contributed by atoms with Crippen LogP contribution in [0.3, 0.4) is 0 Å². The molecule has 0 amide bonds. The van der Waals surface area contributed by atoms with Crippen molar-refractivity contribution in [1.82, 2.24) is 0 Å². The highest BCUT2D eigenvalue weighted by molar-refractivity contribution is 9.10. The lowest BCUT2D eigenvalue weighted by Gasteiger charge is -2.18. The maximum Gasteiger partial charge on any atom is 0.163 e. The topological polar surface area (TPSA) is 30.5 Å². The smallest absolute Gasteiger partial charge is 0.163 e. The number of nitrogens with one attached hydrogen (secondary N) is 1. The van der Waals surface area contributed by atoms with Crippen molar-refractivity contribution in [3.8, 4) is 11.5 Å². The molecular formula is C17H20BrNO2. The van der Waals surface area contributed by atoms with Gasteiger partial charge in [0.15, 0.2) is 11.5 Å². The summed E-state index contributed by atoms with van der Waals surface area (Å²) < 4.78 is 12.0. The largest absolute Gasteiger partial charge is 0.493 e. The Morgan fingerprint density at radius 1 is 1.14 bits per heavy atom. The molecule has 0 bridgehead atoms. The van der Waals surface area contributed by atoms with Crippen molar-refractivity contribution in [1.29, 1.82) is 0 Å². The van der Waals surface area contributed by atoms with E-state index in [1.54, 1.807) is 7.11 Å². The third-order valence-electron chi connectivity index (χ3n) is 3.20. The average molecular weight is 350 g/mol. The Labute approximate surface area is 134 Å². The SMILES string of the molecule is CCOc1cc(NC(C)c2cccc(Br)c2)ccc1OC. The first-order valence-electron chi connectivity index (χ1n) is 6.97. The second kappa shape index (κ2) is 7.36. The van der Waals surface area contributed by atoms with E-state index in [4.69, 9.17) is 9.47 Å². The van der Waals surface area contributed by atoms with Crippen molar-refractivity contribution in [2.45, 2.75) is 19.9 Å². The highest BCUT2D eigenvalue weighted by Crippen LogP contribution is 2.32. The predicted molar refractivity (Wildman–Crippen MR) is 90.3 cm³/mol. The van der Waals surface area contributed by atoms with Crippen LogP contribution in [0.2, 0.25) is 0 Å². The number of ether oxygens (including phenoxy) is 2. The minimum Gasteiger partial charge on any atom is -0.493 e. The van der Waals surface area contributed by atoms with E-state index in [1.165, 1.54) is 5.56 Å². The van der Waals surface area contributed by atoms with E-state index in [2.05, 4.69) is 40.3 Å². The molecule has 0 heterocycles. The van der Waals surface area contributed by atoms with E-state index in [-0.39, 0.29) is 6.04 Å². The molecule has 1 atom stereocenters. The first-order valence-corrected chi connectivity index (χ1v) is 7.76. The standard InChI is InChI=1S/C17H20BrNO2/c1-4-21-17-11-15(8-9-16(17)20-3)19-12(2)13-6-5-7-14(18)10-13/h5-12,19H,4H2,1-3H3. The van der Waals surface area contributed by atoms with Gasteiger partial charge in [-0.2, -0.15) is 0 Å². The lowest BCUT2D eigenvalue weighted by molar-refractivity contribution is 0.311. The highest BCUT2D eigenvalue weighted by atomic mass is 79.9. The van der Waals surface area contributed by atoms with Gasteiger partial charge in [0.05, 0.1) is 13.7 Å². The van der Waals surface area contributed by atoms with Gasteiger partial charge in [-0.25, -0.2) is 0 Å². The second-order valence-electron chi connectivity index (χ2n) is 4.72. The zero-order valence-electron chi connectivity index (χ0n) is 12.5. The molecular weight excluding hydrogens is 330 g/mol. The summed E-state index contributed by atoms with van der Waals surface area (Å²) >= 11 is 3.50. The average Bonchev–Trinajstić information content (AvgIpc) is 2.48. The van der Waals surface area contributed by atoms with Crippen LogP contribution in [0, 0.1) is 0 Å². The van der Waals surface area contributed by atoms with Gasteiger partial charge < -0.3 is 14.8 Å². The fourth-order valence-corrected chi connectivity index (χ4v) is 2.56. The van der Waals surface area contributed by atoms with Crippen LogP contribution in [0.25, 0.3) is 0 Å². The molecule has 0 spiro atoms. The second-order valence-corrected chi connectivity index (χ2v) is 5.64. The minimum atomic E-state index is 0.199. The quantitative estimate of drug-likeness (QED) is 0.793. The van der Waals surface area contributed by atoms with Crippen LogP contribution in [0.5, 0.6) is 11.5 Å². The van der Waals surface area contributed by atoms with Gasteiger partial charge in [0, 0.05) is 22.3 Å². The zero-order valence-corrected chi connectivity index (χ0v) is 14.1. The maximum atomic E-state index is 5.60. The third kappa shape index (κ3) is 4.14.